The van der Waals surface area contributed by atoms with Gasteiger partial charge in [0.2, 0.25) is 5.91 Å². The number of carbonyl (C=O) groups is 1. The second kappa shape index (κ2) is 5.46. The highest BCUT2D eigenvalue weighted by atomic mass is 35.5. The van der Waals surface area contributed by atoms with Crippen molar-refractivity contribution in [2.24, 2.45) is 0 Å². The standard InChI is InChI=1S/C15H17ClN2O2/c1-9-4-14-12(6-13(9)16)10(8-20-14)5-15(19)18-11-2-3-17-7-11/h4,6,8,11,17H,2-3,5,7H2,1H3,(H,18,19)/t11-/m1/s1. The predicted molar refractivity (Wildman–Crippen MR) is 79.1 cm³/mol. The van der Waals surface area contributed by atoms with Crippen LogP contribution in [0.5, 0.6) is 0 Å². The maximum absolute atomic E-state index is 12.0. The molecular weight excluding hydrogens is 276 g/mol. The minimum atomic E-state index is 0.0260. The molecule has 0 unspecified atom stereocenters. The first-order valence-corrected chi connectivity index (χ1v) is 7.17. The van der Waals surface area contributed by atoms with Gasteiger partial charge in [-0.3, -0.25) is 4.79 Å². The molecule has 5 heteroatoms. The number of aryl methyl sites for hydroxylation is 1. The van der Waals surface area contributed by atoms with Gasteiger partial charge in [0.15, 0.2) is 0 Å². The minimum Gasteiger partial charge on any atom is -0.464 e. The van der Waals surface area contributed by atoms with E-state index in [4.69, 9.17) is 16.0 Å². The van der Waals surface area contributed by atoms with Crippen LogP contribution >= 0.6 is 11.6 Å². The van der Waals surface area contributed by atoms with Crippen LogP contribution in [0.4, 0.5) is 0 Å². The van der Waals surface area contributed by atoms with E-state index < -0.39 is 0 Å². The summed E-state index contributed by atoms with van der Waals surface area (Å²) in [6.07, 6.45) is 2.96. The van der Waals surface area contributed by atoms with Gasteiger partial charge in [-0.25, -0.2) is 0 Å². The maximum Gasteiger partial charge on any atom is 0.224 e. The molecule has 1 aliphatic rings. The predicted octanol–water partition coefficient (Wildman–Crippen LogP) is 2.42. The van der Waals surface area contributed by atoms with Crippen LogP contribution in [0.3, 0.4) is 0 Å². The monoisotopic (exact) mass is 292 g/mol. The lowest BCUT2D eigenvalue weighted by Crippen LogP contribution is -2.37. The van der Waals surface area contributed by atoms with Crippen LogP contribution in [0.1, 0.15) is 17.5 Å². The highest BCUT2D eigenvalue weighted by molar-refractivity contribution is 6.32. The van der Waals surface area contributed by atoms with Crippen molar-refractivity contribution in [3.63, 3.8) is 0 Å². The zero-order chi connectivity index (χ0) is 14.1. The normalized spacial score (nSPS) is 18.6. The number of benzene rings is 1. The number of halogens is 1. The lowest BCUT2D eigenvalue weighted by molar-refractivity contribution is -0.121. The van der Waals surface area contributed by atoms with E-state index in [1.165, 1.54) is 0 Å². The first-order chi connectivity index (χ1) is 9.63. The number of rotatable bonds is 3. The second-order valence-corrected chi connectivity index (χ2v) is 5.70. The van der Waals surface area contributed by atoms with Gasteiger partial charge < -0.3 is 15.1 Å². The quantitative estimate of drug-likeness (QED) is 0.913. The van der Waals surface area contributed by atoms with Crippen molar-refractivity contribution >= 4 is 28.5 Å². The first-order valence-electron chi connectivity index (χ1n) is 6.80. The fraction of sp³-hybridized carbons (Fsp3) is 0.400. The Bertz CT molecular complexity index is 645. The molecule has 2 heterocycles. The molecular formula is C15H17ClN2O2. The fourth-order valence-electron chi connectivity index (χ4n) is 2.57. The van der Waals surface area contributed by atoms with Gasteiger partial charge in [0.1, 0.15) is 5.58 Å². The smallest absolute Gasteiger partial charge is 0.224 e. The Labute approximate surface area is 122 Å². The van der Waals surface area contributed by atoms with Crippen molar-refractivity contribution in [1.82, 2.24) is 10.6 Å². The van der Waals surface area contributed by atoms with Crippen LogP contribution < -0.4 is 10.6 Å². The second-order valence-electron chi connectivity index (χ2n) is 5.29. The molecule has 0 radical (unpaired) electrons. The van der Waals surface area contributed by atoms with E-state index in [0.717, 1.165) is 41.6 Å². The van der Waals surface area contributed by atoms with Crippen LogP contribution in [0.2, 0.25) is 5.02 Å². The third-order valence-electron chi connectivity index (χ3n) is 3.71. The molecule has 0 saturated carbocycles. The number of carbonyl (C=O) groups excluding carboxylic acids is 1. The molecule has 1 saturated heterocycles. The van der Waals surface area contributed by atoms with Crippen molar-refractivity contribution in [3.8, 4) is 0 Å². The van der Waals surface area contributed by atoms with Gasteiger partial charge >= 0.3 is 0 Å². The largest absolute Gasteiger partial charge is 0.464 e. The fourth-order valence-corrected chi connectivity index (χ4v) is 2.73. The molecule has 106 valence electrons. The van der Waals surface area contributed by atoms with Crippen molar-refractivity contribution in [1.29, 1.82) is 0 Å². The summed E-state index contributed by atoms with van der Waals surface area (Å²) in [6, 6.07) is 4.02. The van der Waals surface area contributed by atoms with E-state index in [9.17, 15) is 4.79 Å². The van der Waals surface area contributed by atoms with Gasteiger partial charge in [-0.15, -0.1) is 0 Å². The molecule has 4 nitrogen and oxygen atoms in total. The number of furan rings is 1. The number of nitrogens with one attached hydrogen (secondary N) is 2. The molecule has 1 aromatic carbocycles. The number of hydrogen-bond acceptors (Lipinski definition) is 3. The summed E-state index contributed by atoms with van der Waals surface area (Å²) in [5.41, 5.74) is 2.63. The molecule has 0 spiro atoms. The Kier molecular flexibility index (Phi) is 3.68. The summed E-state index contributed by atoms with van der Waals surface area (Å²) < 4.78 is 5.50. The zero-order valence-electron chi connectivity index (χ0n) is 11.3. The summed E-state index contributed by atoms with van der Waals surface area (Å²) in [4.78, 5) is 12.0. The zero-order valence-corrected chi connectivity index (χ0v) is 12.1. The maximum atomic E-state index is 12.0. The summed E-state index contributed by atoms with van der Waals surface area (Å²) in [7, 11) is 0. The number of hydrogen-bond donors (Lipinski definition) is 2. The van der Waals surface area contributed by atoms with Crippen molar-refractivity contribution < 1.29 is 9.21 Å². The SMILES string of the molecule is Cc1cc2occ(CC(=O)N[C@@H]3CCNC3)c2cc1Cl. The average molecular weight is 293 g/mol. The summed E-state index contributed by atoms with van der Waals surface area (Å²) in [5.74, 6) is 0.0260. The molecule has 2 N–H and O–H groups in total. The molecule has 0 bridgehead atoms. The first kappa shape index (κ1) is 13.5. The Balaban J connectivity index is 1.76. The minimum absolute atomic E-state index is 0.0260. The lowest BCUT2D eigenvalue weighted by Gasteiger charge is -2.10. The third kappa shape index (κ3) is 2.67. The van der Waals surface area contributed by atoms with E-state index in [2.05, 4.69) is 10.6 Å². The van der Waals surface area contributed by atoms with Gasteiger partial charge in [-0.1, -0.05) is 11.6 Å². The van der Waals surface area contributed by atoms with Crippen molar-refractivity contribution in [2.45, 2.75) is 25.8 Å². The summed E-state index contributed by atoms with van der Waals surface area (Å²) >= 11 is 6.14. The highest BCUT2D eigenvalue weighted by Gasteiger charge is 2.18. The molecule has 1 amide bonds. The molecule has 3 rings (SSSR count). The van der Waals surface area contributed by atoms with Gasteiger partial charge in [-0.2, -0.15) is 0 Å². The molecule has 1 atom stereocenters. The Morgan fingerprint density at radius 3 is 3.15 bits per heavy atom. The van der Waals surface area contributed by atoms with Crippen LogP contribution in [0.15, 0.2) is 22.8 Å². The van der Waals surface area contributed by atoms with Gasteiger partial charge in [0.05, 0.1) is 12.7 Å². The third-order valence-corrected chi connectivity index (χ3v) is 4.12. The molecule has 1 aliphatic heterocycles. The van der Waals surface area contributed by atoms with Crippen molar-refractivity contribution in [2.75, 3.05) is 13.1 Å². The van der Waals surface area contributed by atoms with E-state index >= 15 is 0 Å². The Morgan fingerprint density at radius 1 is 1.55 bits per heavy atom. The van der Waals surface area contributed by atoms with Crippen LogP contribution in [-0.2, 0) is 11.2 Å². The average Bonchev–Trinajstić information content (AvgIpc) is 3.02. The van der Waals surface area contributed by atoms with E-state index in [1.807, 2.05) is 19.1 Å². The molecule has 2 aromatic rings. The summed E-state index contributed by atoms with van der Waals surface area (Å²) in [6.45, 7) is 3.75. The van der Waals surface area contributed by atoms with Crippen molar-refractivity contribution in [3.05, 3.63) is 34.5 Å². The Morgan fingerprint density at radius 2 is 2.40 bits per heavy atom. The van der Waals surface area contributed by atoms with E-state index in [1.54, 1.807) is 6.26 Å². The van der Waals surface area contributed by atoms with Gasteiger partial charge in [0.25, 0.3) is 0 Å². The number of amides is 1. The lowest BCUT2D eigenvalue weighted by atomic mass is 10.1. The van der Waals surface area contributed by atoms with Gasteiger partial charge in [0, 0.05) is 28.6 Å². The van der Waals surface area contributed by atoms with Crippen LogP contribution in [0.25, 0.3) is 11.0 Å². The van der Waals surface area contributed by atoms with Gasteiger partial charge in [-0.05, 0) is 37.6 Å². The van der Waals surface area contributed by atoms with Crippen LogP contribution in [-0.4, -0.2) is 25.0 Å². The molecule has 20 heavy (non-hydrogen) atoms. The molecule has 0 aliphatic carbocycles. The molecule has 1 aromatic heterocycles. The van der Waals surface area contributed by atoms with E-state index in [0.29, 0.717) is 11.4 Å². The Hall–Kier alpha value is -1.52. The summed E-state index contributed by atoms with van der Waals surface area (Å²) in [5, 5.41) is 7.87. The van der Waals surface area contributed by atoms with E-state index in [-0.39, 0.29) is 11.9 Å². The topological polar surface area (TPSA) is 54.3 Å². The highest BCUT2D eigenvalue weighted by Crippen LogP contribution is 2.27. The number of fused-ring (bicyclic) bond motifs is 1. The van der Waals surface area contributed by atoms with Crippen LogP contribution in [0, 0.1) is 6.92 Å². The molecule has 1 fully saturated rings.